The molecule has 106 valence electrons. The van der Waals surface area contributed by atoms with Crippen molar-refractivity contribution in [2.75, 3.05) is 0 Å². The van der Waals surface area contributed by atoms with Crippen LogP contribution in [0.2, 0.25) is 5.02 Å². The van der Waals surface area contributed by atoms with E-state index >= 15 is 0 Å². The lowest BCUT2D eigenvalue weighted by atomic mass is 10.0. The summed E-state index contributed by atoms with van der Waals surface area (Å²) in [4.78, 5) is 0. The summed E-state index contributed by atoms with van der Waals surface area (Å²) < 4.78 is 0. The van der Waals surface area contributed by atoms with Crippen LogP contribution in [0, 0.1) is 20.8 Å². The number of aryl methyl sites for hydroxylation is 3. The maximum atomic E-state index is 6.24. The molecular formula is C18H22ClN. The number of benzene rings is 2. The van der Waals surface area contributed by atoms with Gasteiger partial charge in [0.1, 0.15) is 0 Å². The Labute approximate surface area is 127 Å². The normalized spacial score (nSPS) is 12.4. The van der Waals surface area contributed by atoms with Crippen molar-refractivity contribution in [2.24, 2.45) is 0 Å². The van der Waals surface area contributed by atoms with E-state index in [1.165, 1.54) is 22.3 Å². The Morgan fingerprint density at radius 2 is 1.65 bits per heavy atom. The molecule has 0 aliphatic carbocycles. The predicted octanol–water partition coefficient (Wildman–Crippen LogP) is 5.12. The molecule has 0 radical (unpaired) electrons. The van der Waals surface area contributed by atoms with Gasteiger partial charge < -0.3 is 5.32 Å². The van der Waals surface area contributed by atoms with Crippen LogP contribution < -0.4 is 5.32 Å². The average molecular weight is 288 g/mol. The minimum atomic E-state index is 0.240. The molecule has 2 aromatic carbocycles. The summed E-state index contributed by atoms with van der Waals surface area (Å²) in [6.07, 6.45) is 0. The highest BCUT2D eigenvalue weighted by atomic mass is 35.5. The van der Waals surface area contributed by atoms with Gasteiger partial charge in [-0.2, -0.15) is 0 Å². The van der Waals surface area contributed by atoms with Gasteiger partial charge >= 0.3 is 0 Å². The summed E-state index contributed by atoms with van der Waals surface area (Å²) in [5, 5.41) is 4.38. The van der Waals surface area contributed by atoms with E-state index in [0.717, 1.165) is 17.1 Å². The maximum Gasteiger partial charge on any atom is 0.0453 e. The number of halogens is 1. The van der Waals surface area contributed by atoms with Crippen molar-refractivity contribution in [1.29, 1.82) is 0 Å². The molecule has 1 atom stereocenters. The first-order valence-electron chi connectivity index (χ1n) is 7.03. The van der Waals surface area contributed by atoms with Crippen molar-refractivity contribution < 1.29 is 0 Å². The maximum absolute atomic E-state index is 6.24. The third kappa shape index (κ3) is 3.41. The van der Waals surface area contributed by atoms with Crippen molar-refractivity contribution >= 4 is 11.6 Å². The first kappa shape index (κ1) is 15.1. The Morgan fingerprint density at radius 1 is 1.00 bits per heavy atom. The highest BCUT2D eigenvalue weighted by Gasteiger charge is 2.09. The van der Waals surface area contributed by atoms with Crippen LogP contribution in [0.4, 0.5) is 0 Å². The lowest BCUT2D eigenvalue weighted by molar-refractivity contribution is 0.573. The molecule has 0 bridgehead atoms. The molecule has 2 rings (SSSR count). The van der Waals surface area contributed by atoms with Gasteiger partial charge in [0.15, 0.2) is 0 Å². The first-order valence-corrected chi connectivity index (χ1v) is 7.41. The topological polar surface area (TPSA) is 12.0 Å². The van der Waals surface area contributed by atoms with Gasteiger partial charge in [-0.15, -0.1) is 0 Å². The highest BCUT2D eigenvalue weighted by molar-refractivity contribution is 6.31. The second-order valence-electron chi connectivity index (χ2n) is 5.49. The molecule has 0 aliphatic rings. The fourth-order valence-electron chi connectivity index (χ4n) is 2.41. The lowest BCUT2D eigenvalue weighted by Gasteiger charge is -2.17. The van der Waals surface area contributed by atoms with Gasteiger partial charge in [-0.3, -0.25) is 0 Å². The standard InChI is InChI=1S/C18H22ClN/c1-12-9-14(3)16(10-13(12)2)11-20-15(4)17-7-5-6-8-18(17)19/h5-10,15,20H,11H2,1-4H3. The van der Waals surface area contributed by atoms with E-state index in [0.29, 0.717) is 0 Å². The zero-order valence-electron chi connectivity index (χ0n) is 12.6. The predicted molar refractivity (Wildman–Crippen MR) is 87.4 cm³/mol. The zero-order valence-corrected chi connectivity index (χ0v) is 13.4. The van der Waals surface area contributed by atoms with Gasteiger partial charge in [0.2, 0.25) is 0 Å². The molecule has 1 nitrogen and oxygen atoms in total. The van der Waals surface area contributed by atoms with E-state index in [1.807, 2.05) is 18.2 Å². The average Bonchev–Trinajstić information content (AvgIpc) is 2.41. The van der Waals surface area contributed by atoms with Gasteiger partial charge in [-0.05, 0) is 61.6 Å². The molecule has 20 heavy (non-hydrogen) atoms. The number of hydrogen-bond donors (Lipinski definition) is 1. The largest absolute Gasteiger partial charge is 0.306 e. The van der Waals surface area contributed by atoms with Gasteiger partial charge in [0.25, 0.3) is 0 Å². The minimum absolute atomic E-state index is 0.240. The van der Waals surface area contributed by atoms with E-state index in [2.05, 4.69) is 51.2 Å². The monoisotopic (exact) mass is 287 g/mol. The Balaban J connectivity index is 2.09. The molecule has 2 heteroatoms. The molecular weight excluding hydrogens is 266 g/mol. The fourth-order valence-corrected chi connectivity index (χ4v) is 2.71. The molecule has 2 aromatic rings. The first-order chi connectivity index (χ1) is 9.49. The summed E-state index contributed by atoms with van der Waals surface area (Å²) in [5.74, 6) is 0. The molecule has 0 heterocycles. The molecule has 0 aromatic heterocycles. The second-order valence-corrected chi connectivity index (χ2v) is 5.89. The van der Waals surface area contributed by atoms with E-state index in [1.54, 1.807) is 0 Å². The Kier molecular flexibility index (Phi) is 4.85. The Bertz CT molecular complexity index is 604. The smallest absolute Gasteiger partial charge is 0.0453 e. The van der Waals surface area contributed by atoms with Crippen LogP contribution in [0.25, 0.3) is 0 Å². The minimum Gasteiger partial charge on any atom is -0.306 e. The van der Waals surface area contributed by atoms with Crippen LogP contribution in [0.5, 0.6) is 0 Å². The molecule has 0 amide bonds. The van der Waals surface area contributed by atoms with E-state index in [9.17, 15) is 0 Å². The molecule has 0 fully saturated rings. The van der Waals surface area contributed by atoms with Crippen molar-refractivity contribution in [3.63, 3.8) is 0 Å². The SMILES string of the molecule is Cc1cc(C)c(CNC(C)c2ccccc2Cl)cc1C. The van der Waals surface area contributed by atoms with Crippen molar-refractivity contribution in [3.8, 4) is 0 Å². The summed E-state index contributed by atoms with van der Waals surface area (Å²) in [6.45, 7) is 9.50. The van der Waals surface area contributed by atoms with Crippen LogP contribution in [0.3, 0.4) is 0 Å². The fraction of sp³-hybridized carbons (Fsp3) is 0.333. The van der Waals surface area contributed by atoms with Crippen molar-refractivity contribution in [2.45, 2.75) is 40.3 Å². The number of nitrogens with one attached hydrogen (secondary N) is 1. The number of hydrogen-bond acceptors (Lipinski definition) is 1. The third-order valence-corrected chi connectivity index (χ3v) is 4.27. The quantitative estimate of drug-likeness (QED) is 0.823. The summed E-state index contributed by atoms with van der Waals surface area (Å²) in [7, 11) is 0. The van der Waals surface area contributed by atoms with E-state index < -0.39 is 0 Å². The zero-order chi connectivity index (χ0) is 14.7. The van der Waals surface area contributed by atoms with Gasteiger partial charge in [0.05, 0.1) is 0 Å². The lowest BCUT2D eigenvalue weighted by Crippen LogP contribution is -2.19. The summed E-state index contributed by atoms with van der Waals surface area (Å²) in [5.41, 5.74) is 6.54. The Morgan fingerprint density at radius 3 is 2.35 bits per heavy atom. The van der Waals surface area contributed by atoms with Crippen molar-refractivity contribution in [1.82, 2.24) is 5.32 Å². The van der Waals surface area contributed by atoms with Crippen LogP contribution in [-0.4, -0.2) is 0 Å². The molecule has 0 spiro atoms. The second kappa shape index (κ2) is 6.43. The summed E-state index contributed by atoms with van der Waals surface area (Å²) in [6, 6.07) is 12.8. The van der Waals surface area contributed by atoms with Crippen LogP contribution in [-0.2, 0) is 6.54 Å². The van der Waals surface area contributed by atoms with Crippen molar-refractivity contribution in [3.05, 3.63) is 69.2 Å². The van der Waals surface area contributed by atoms with Gasteiger partial charge in [-0.1, -0.05) is 41.9 Å². The highest BCUT2D eigenvalue weighted by Crippen LogP contribution is 2.23. The molecule has 0 saturated heterocycles. The van der Waals surface area contributed by atoms with Crippen LogP contribution >= 0.6 is 11.6 Å². The van der Waals surface area contributed by atoms with E-state index in [4.69, 9.17) is 11.6 Å². The van der Waals surface area contributed by atoms with Crippen LogP contribution in [0.15, 0.2) is 36.4 Å². The molecule has 0 saturated carbocycles. The third-order valence-electron chi connectivity index (χ3n) is 3.92. The number of rotatable bonds is 4. The molecule has 1 unspecified atom stereocenters. The van der Waals surface area contributed by atoms with Gasteiger partial charge in [0, 0.05) is 17.6 Å². The van der Waals surface area contributed by atoms with Gasteiger partial charge in [-0.25, -0.2) is 0 Å². The van der Waals surface area contributed by atoms with Crippen LogP contribution in [0.1, 0.15) is 40.8 Å². The Hall–Kier alpha value is -1.31. The van der Waals surface area contributed by atoms with E-state index in [-0.39, 0.29) is 6.04 Å². The summed E-state index contributed by atoms with van der Waals surface area (Å²) >= 11 is 6.24. The molecule has 1 N–H and O–H groups in total. The molecule has 0 aliphatic heterocycles.